The first-order valence-corrected chi connectivity index (χ1v) is 8.62. The minimum atomic E-state index is -3.68. The molecule has 0 amide bonds. The average Bonchev–Trinajstić information content (AvgIpc) is 3.25. The third kappa shape index (κ3) is 2.51. The molecule has 6 heteroatoms. The van der Waals surface area contributed by atoms with E-state index in [1.807, 2.05) is 0 Å². The molecule has 0 unspecified atom stereocenters. The number of sulfone groups is 1. The summed E-state index contributed by atoms with van der Waals surface area (Å²) in [4.78, 5) is 11.6. The third-order valence-corrected chi connectivity index (χ3v) is 6.41. The molecule has 3 atom stereocenters. The number of rotatable bonds is 4. The number of halogens is 1. The zero-order chi connectivity index (χ0) is 15.9. The van der Waals surface area contributed by atoms with E-state index in [1.54, 1.807) is 42.5 Å². The van der Waals surface area contributed by atoms with Crippen LogP contribution in [0.4, 0.5) is 0 Å². The largest absolute Gasteiger partial charge is 0.481 e. The summed E-state index contributed by atoms with van der Waals surface area (Å²) in [5, 5.41) is 8.92. The van der Waals surface area contributed by atoms with E-state index >= 15 is 0 Å². The van der Waals surface area contributed by atoms with Crippen molar-refractivity contribution < 1.29 is 18.3 Å². The topological polar surface area (TPSA) is 71.4 Å². The van der Waals surface area contributed by atoms with Gasteiger partial charge in [-0.25, -0.2) is 8.42 Å². The van der Waals surface area contributed by atoms with Gasteiger partial charge in [0.25, 0.3) is 0 Å². The van der Waals surface area contributed by atoms with E-state index in [0.717, 1.165) is 0 Å². The van der Waals surface area contributed by atoms with Gasteiger partial charge < -0.3 is 5.11 Å². The molecule has 22 heavy (non-hydrogen) atoms. The van der Waals surface area contributed by atoms with E-state index in [1.165, 1.54) is 12.1 Å². The monoisotopic (exact) mass is 336 g/mol. The summed E-state index contributed by atoms with van der Waals surface area (Å²) >= 11 is 5.82. The maximum atomic E-state index is 12.7. The van der Waals surface area contributed by atoms with Gasteiger partial charge in [0, 0.05) is 10.9 Å². The van der Waals surface area contributed by atoms with Gasteiger partial charge >= 0.3 is 5.97 Å². The molecule has 1 N–H and O–H groups in total. The first-order valence-electron chi connectivity index (χ1n) is 6.70. The van der Waals surface area contributed by atoms with Gasteiger partial charge in [-0.05, 0) is 29.8 Å². The molecule has 1 aliphatic carbocycles. The molecular weight excluding hydrogens is 324 g/mol. The van der Waals surface area contributed by atoms with Crippen LogP contribution in [0.1, 0.15) is 11.5 Å². The van der Waals surface area contributed by atoms with Crippen LogP contribution in [-0.4, -0.2) is 24.7 Å². The SMILES string of the molecule is O=C(O)[C@@H]1[C@@H](c2ccc(Cl)cc2)[C@H]1S(=O)(=O)c1ccccc1. The Morgan fingerprint density at radius 3 is 2.14 bits per heavy atom. The van der Waals surface area contributed by atoms with Crippen LogP contribution in [0.15, 0.2) is 59.5 Å². The van der Waals surface area contributed by atoms with Gasteiger partial charge in [-0.2, -0.15) is 0 Å². The lowest BCUT2D eigenvalue weighted by Gasteiger charge is -2.04. The highest BCUT2D eigenvalue weighted by Crippen LogP contribution is 2.54. The Kier molecular flexibility index (Phi) is 3.70. The molecule has 1 saturated carbocycles. The molecule has 1 fully saturated rings. The highest BCUT2D eigenvalue weighted by atomic mass is 35.5. The lowest BCUT2D eigenvalue weighted by molar-refractivity contribution is -0.138. The summed E-state index contributed by atoms with van der Waals surface area (Å²) in [5.74, 6) is -2.56. The Labute approximate surface area is 133 Å². The summed E-state index contributed by atoms with van der Waals surface area (Å²) in [6.45, 7) is 0. The molecule has 114 valence electrons. The minimum absolute atomic E-state index is 0.155. The second-order valence-corrected chi connectivity index (χ2v) is 7.81. The van der Waals surface area contributed by atoms with Crippen molar-refractivity contribution in [2.45, 2.75) is 16.1 Å². The normalized spacial score (nSPS) is 24.0. The number of hydrogen-bond acceptors (Lipinski definition) is 3. The number of hydrogen-bond donors (Lipinski definition) is 1. The molecular formula is C16H13ClO4S. The fourth-order valence-corrected chi connectivity index (χ4v) is 5.08. The van der Waals surface area contributed by atoms with Gasteiger partial charge in [0.05, 0.1) is 16.1 Å². The summed E-state index contributed by atoms with van der Waals surface area (Å²) in [6, 6.07) is 14.6. The van der Waals surface area contributed by atoms with Gasteiger partial charge in [0.2, 0.25) is 0 Å². The quantitative estimate of drug-likeness (QED) is 0.931. The molecule has 3 rings (SSSR count). The number of carboxylic acids is 1. The number of benzene rings is 2. The molecule has 0 aliphatic heterocycles. The van der Waals surface area contributed by atoms with E-state index < -0.39 is 32.9 Å². The lowest BCUT2D eigenvalue weighted by atomic mass is 10.1. The summed E-state index contributed by atoms with van der Waals surface area (Å²) in [6.07, 6.45) is 0. The predicted molar refractivity (Wildman–Crippen MR) is 82.7 cm³/mol. The van der Waals surface area contributed by atoms with Gasteiger partial charge in [0.15, 0.2) is 9.84 Å². The number of aliphatic carboxylic acids is 1. The van der Waals surface area contributed by atoms with Crippen LogP contribution < -0.4 is 0 Å². The zero-order valence-corrected chi connectivity index (χ0v) is 13.0. The smallest absolute Gasteiger partial charge is 0.308 e. The van der Waals surface area contributed by atoms with Crippen LogP contribution in [-0.2, 0) is 14.6 Å². The van der Waals surface area contributed by atoms with Crippen LogP contribution in [0, 0.1) is 5.92 Å². The van der Waals surface area contributed by atoms with Crippen molar-refractivity contribution in [3.63, 3.8) is 0 Å². The molecule has 1 aliphatic rings. The Morgan fingerprint density at radius 2 is 1.59 bits per heavy atom. The molecule has 4 nitrogen and oxygen atoms in total. The van der Waals surface area contributed by atoms with Crippen LogP contribution in [0.5, 0.6) is 0 Å². The molecule has 0 bridgehead atoms. The Balaban J connectivity index is 1.99. The first-order chi connectivity index (χ1) is 10.4. The summed E-state index contributed by atoms with van der Waals surface area (Å²) in [5.41, 5.74) is 0.682. The predicted octanol–water partition coefficient (Wildman–Crippen LogP) is 2.98. The summed E-state index contributed by atoms with van der Waals surface area (Å²) in [7, 11) is -3.68. The molecule has 0 heterocycles. The Hall–Kier alpha value is -1.85. The molecule has 0 aromatic heterocycles. The Bertz CT molecular complexity index is 800. The Morgan fingerprint density at radius 1 is 1.00 bits per heavy atom. The minimum Gasteiger partial charge on any atom is -0.481 e. The lowest BCUT2D eigenvalue weighted by Crippen LogP contribution is -2.13. The van der Waals surface area contributed by atoms with Crippen molar-refractivity contribution in [3.8, 4) is 0 Å². The fourth-order valence-electron chi connectivity index (χ4n) is 2.81. The highest BCUT2D eigenvalue weighted by Gasteiger charge is 2.63. The summed E-state index contributed by atoms with van der Waals surface area (Å²) < 4.78 is 25.3. The molecule has 2 aromatic carbocycles. The van der Waals surface area contributed by atoms with Crippen molar-refractivity contribution in [3.05, 3.63) is 65.2 Å². The number of carboxylic acid groups (broad SMARTS) is 1. The zero-order valence-electron chi connectivity index (χ0n) is 11.4. The fraction of sp³-hybridized carbons (Fsp3) is 0.188. The third-order valence-electron chi connectivity index (χ3n) is 3.92. The van der Waals surface area contributed by atoms with Crippen molar-refractivity contribution in [2.24, 2.45) is 5.92 Å². The van der Waals surface area contributed by atoms with E-state index in [0.29, 0.717) is 10.6 Å². The molecule has 0 spiro atoms. The van der Waals surface area contributed by atoms with E-state index in [2.05, 4.69) is 0 Å². The second kappa shape index (κ2) is 5.41. The molecule has 2 aromatic rings. The molecule has 0 radical (unpaired) electrons. The average molecular weight is 337 g/mol. The van der Waals surface area contributed by atoms with Gasteiger partial charge in [-0.15, -0.1) is 0 Å². The van der Waals surface area contributed by atoms with Crippen LogP contribution in [0.25, 0.3) is 0 Å². The van der Waals surface area contributed by atoms with Gasteiger partial charge in [0.1, 0.15) is 0 Å². The first kappa shape index (κ1) is 15.1. The van der Waals surface area contributed by atoms with Crippen molar-refractivity contribution in [2.75, 3.05) is 0 Å². The standard InChI is InChI=1S/C16H13ClO4S/c17-11-8-6-10(7-9-11)13-14(16(18)19)15(13)22(20,21)12-4-2-1-3-5-12/h1-9,13-15H,(H,18,19)/t13-,14-,15-/m1/s1. The van der Waals surface area contributed by atoms with E-state index in [9.17, 15) is 18.3 Å². The highest BCUT2D eigenvalue weighted by molar-refractivity contribution is 7.92. The van der Waals surface area contributed by atoms with Crippen molar-refractivity contribution >= 4 is 27.4 Å². The second-order valence-electron chi connectivity index (χ2n) is 5.26. The maximum absolute atomic E-state index is 12.7. The van der Waals surface area contributed by atoms with Crippen LogP contribution in [0.3, 0.4) is 0 Å². The maximum Gasteiger partial charge on any atom is 0.308 e. The van der Waals surface area contributed by atoms with Crippen molar-refractivity contribution in [1.82, 2.24) is 0 Å². The van der Waals surface area contributed by atoms with E-state index in [-0.39, 0.29) is 4.90 Å². The van der Waals surface area contributed by atoms with Gasteiger partial charge in [-0.1, -0.05) is 41.9 Å². The van der Waals surface area contributed by atoms with Crippen LogP contribution >= 0.6 is 11.6 Å². The molecule has 0 saturated heterocycles. The van der Waals surface area contributed by atoms with Crippen molar-refractivity contribution in [1.29, 1.82) is 0 Å². The van der Waals surface area contributed by atoms with Crippen LogP contribution in [0.2, 0.25) is 5.02 Å². The van der Waals surface area contributed by atoms with Gasteiger partial charge in [-0.3, -0.25) is 4.79 Å². The number of carbonyl (C=O) groups is 1. The van der Waals surface area contributed by atoms with E-state index in [4.69, 9.17) is 11.6 Å².